The Bertz CT molecular complexity index is 735. The van der Waals surface area contributed by atoms with Gasteiger partial charge in [-0.2, -0.15) is 13.2 Å². The fraction of sp³-hybridized carbons (Fsp3) is 0.312. The maximum absolute atomic E-state index is 13.4. The number of nitrogens with one attached hydrogen (secondary N) is 1. The van der Waals surface area contributed by atoms with Gasteiger partial charge in [0.05, 0.1) is 11.6 Å². The number of aromatic nitrogens is 1. The predicted molar refractivity (Wildman–Crippen MR) is 76.3 cm³/mol. The van der Waals surface area contributed by atoms with Crippen LogP contribution in [-0.2, 0) is 10.9 Å². The van der Waals surface area contributed by atoms with E-state index < -0.39 is 35.5 Å². The van der Waals surface area contributed by atoms with E-state index in [9.17, 15) is 22.0 Å². The van der Waals surface area contributed by atoms with Crippen LogP contribution in [0.3, 0.4) is 0 Å². The largest absolute Gasteiger partial charge is 0.419 e. The highest BCUT2D eigenvalue weighted by Gasteiger charge is 2.37. The third-order valence-corrected chi connectivity index (χ3v) is 3.80. The summed E-state index contributed by atoms with van der Waals surface area (Å²) >= 11 is 0. The maximum atomic E-state index is 13.4. The molecule has 1 aliphatic heterocycles. The van der Waals surface area contributed by atoms with Crippen LogP contribution in [0.2, 0.25) is 0 Å². The number of hydrogen-bond acceptors (Lipinski definition) is 3. The van der Waals surface area contributed by atoms with Gasteiger partial charge in [0.1, 0.15) is 11.9 Å². The first-order valence-corrected chi connectivity index (χ1v) is 7.21. The van der Waals surface area contributed by atoms with Crippen LogP contribution >= 0.6 is 0 Å². The van der Waals surface area contributed by atoms with Crippen LogP contribution in [0.5, 0.6) is 0 Å². The molecule has 1 N–H and O–H groups in total. The van der Waals surface area contributed by atoms with Crippen molar-refractivity contribution >= 4 is 5.82 Å². The number of halogens is 5. The average Bonchev–Trinajstić information content (AvgIpc) is 2.98. The Morgan fingerprint density at radius 1 is 1.12 bits per heavy atom. The fourth-order valence-corrected chi connectivity index (χ4v) is 2.68. The number of rotatable bonds is 3. The fourth-order valence-electron chi connectivity index (χ4n) is 2.68. The first-order valence-electron chi connectivity index (χ1n) is 7.21. The van der Waals surface area contributed by atoms with Crippen molar-refractivity contribution in [3.63, 3.8) is 0 Å². The first-order chi connectivity index (χ1) is 11.4. The number of nitrogens with zero attached hydrogens (tertiary/aromatic N) is 1. The van der Waals surface area contributed by atoms with Gasteiger partial charge in [0.15, 0.2) is 11.6 Å². The Kier molecular flexibility index (Phi) is 4.40. The topological polar surface area (TPSA) is 34.1 Å². The number of anilines is 1. The van der Waals surface area contributed by atoms with Crippen LogP contribution in [-0.4, -0.2) is 17.6 Å². The smallest absolute Gasteiger partial charge is 0.371 e. The highest BCUT2D eigenvalue weighted by atomic mass is 19.4. The molecule has 1 fully saturated rings. The summed E-state index contributed by atoms with van der Waals surface area (Å²) < 4.78 is 71.0. The number of ether oxygens (including phenoxy) is 1. The molecule has 0 amide bonds. The van der Waals surface area contributed by atoms with E-state index in [1.54, 1.807) is 0 Å². The van der Waals surface area contributed by atoms with Gasteiger partial charge in [0.25, 0.3) is 0 Å². The van der Waals surface area contributed by atoms with E-state index >= 15 is 0 Å². The van der Waals surface area contributed by atoms with E-state index in [-0.39, 0.29) is 12.4 Å². The molecule has 0 saturated carbocycles. The molecule has 0 spiro atoms. The minimum Gasteiger partial charge on any atom is -0.371 e. The molecule has 2 atom stereocenters. The lowest BCUT2D eigenvalue weighted by atomic mass is 10.0. The Morgan fingerprint density at radius 2 is 1.92 bits per heavy atom. The Morgan fingerprint density at radius 3 is 2.62 bits per heavy atom. The lowest BCUT2D eigenvalue weighted by Crippen LogP contribution is -2.25. The Balaban J connectivity index is 1.86. The molecule has 0 radical (unpaired) electrons. The van der Waals surface area contributed by atoms with E-state index in [1.165, 1.54) is 18.3 Å². The monoisotopic (exact) mass is 344 g/mol. The molecule has 3 nitrogen and oxygen atoms in total. The lowest BCUT2D eigenvalue weighted by Gasteiger charge is -2.22. The summed E-state index contributed by atoms with van der Waals surface area (Å²) in [5.41, 5.74) is -0.533. The summed E-state index contributed by atoms with van der Waals surface area (Å²) in [7, 11) is 0. The van der Waals surface area contributed by atoms with Gasteiger partial charge in [-0.3, -0.25) is 0 Å². The highest BCUT2D eigenvalue weighted by molar-refractivity contribution is 5.47. The third-order valence-electron chi connectivity index (χ3n) is 3.80. The van der Waals surface area contributed by atoms with E-state index in [4.69, 9.17) is 4.74 Å². The summed E-state index contributed by atoms with van der Waals surface area (Å²) in [4.78, 5) is 3.75. The van der Waals surface area contributed by atoms with Crippen LogP contribution in [0.15, 0.2) is 36.5 Å². The van der Waals surface area contributed by atoms with Crippen molar-refractivity contribution in [3.8, 4) is 0 Å². The number of benzene rings is 1. The summed E-state index contributed by atoms with van der Waals surface area (Å²) in [5, 5.41) is 2.73. The van der Waals surface area contributed by atoms with Gasteiger partial charge in [0, 0.05) is 12.8 Å². The molecule has 1 saturated heterocycles. The Hall–Kier alpha value is -2.22. The molecule has 0 aliphatic carbocycles. The molecule has 0 bridgehead atoms. The molecule has 8 heteroatoms. The van der Waals surface area contributed by atoms with Gasteiger partial charge < -0.3 is 10.1 Å². The highest BCUT2D eigenvalue weighted by Crippen LogP contribution is 2.37. The maximum Gasteiger partial charge on any atom is 0.419 e. The number of pyridine rings is 1. The standard InChI is InChI=1S/C16H13F5N2O/c17-11-4-3-9(8-12(11)18)14-13(5-7-24-14)23-15-10(16(19,20)21)2-1-6-22-15/h1-4,6,8,13-14H,5,7H2,(H,22,23). The van der Waals surface area contributed by atoms with Crippen molar-refractivity contribution in [2.75, 3.05) is 11.9 Å². The van der Waals surface area contributed by atoms with Crippen molar-refractivity contribution in [3.05, 3.63) is 59.3 Å². The van der Waals surface area contributed by atoms with Crippen molar-refractivity contribution in [2.45, 2.75) is 24.7 Å². The molecule has 3 rings (SSSR count). The molecule has 24 heavy (non-hydrogen) atoms. The minimum atomic E-state index is -4.55. The summed E-state index contributed by atoms with van der Waals surface area (Å²) in [5.74, 6) is -2.34. The third kappa shape index (κ3) is 3.33. The predicted octanol–water partition coefficient (Wildman–Crippen LogP) is 4.32. The molecule has 1 aliphatic rings. The second-order valence-corrected chi connectivity index (χ2v) is 5.40. The second-order valence-electron chi connectivity index (χ2n) is 5.40. The lowest BCUT2D eigenvalue weighted by molar-refractivity contribution is -0.137. The Labute approximate surface area is 134 Å². The summed E-state index contributed by atoms with van der Waals surface area (Å²) in [6.07, 6.45) is -3.58. The number of hydrogen-bond donors (Lipinski definition) is 1. The SMILES string of the molecule is Fc1ccc(C2OCCC2Nc2ncccc2C(F)(F)F)cc1F. The first kappa shape index (κ1) is 16.6. The van der Waals surface area contributed by atoms with E-state index in [0.29, 0.717) is 12.0 Å². The molecule has 2 unspecified atom stereocenters. The van der Waals surface area contributed by atoms with Gasteiger partial charge in [-0.25, -0.2) is 13.8 Å². The molecule has 2 heterocycles. The zero-order chi connectivity index (χ0) is 17.3. The van der Waals surface area contributed by atoms with Crippen LogP contribution < -0.4 is 5.32 Å². The normalized spacial score (nSPS) is 21.0. The molecule has 1 aromatic carbocycles. The van der Waals surface area contributed by atoms with Crippen LogP contribution in [0, 0.1) is 11.6 Å². The zero-order valence-electron chi connectivity index (χ0n) is 12.3. The second kappa shape index (κ2) is 6.35. The van der Waals surface area contributed by atoms with Crippen LogP contribution in [0.4, 0.5) is 27.8 Å². The minimum absolute atomic E-state index is 0.287. The van der Waals surface area contributed by atoms with Crippen molar-refractivity contribution in [1.29, 1.82) is 0 Å². The van der Waals surface area contributed by atoms with E-state index in [0.717, 1.165) is 18.2 Å². The van der Waals surface area contributed by atoms with Crippen LogP contribution in [0.1, 0.15) is 23.7 Å². The van der Waals surface area contributed by atoms with Crippen molar-refractivity contribution in [1.82, 2.24) is 4.98 Å². The van der Waals surface area contributed by atoms with Gasteiger partial charge in [0.2, 0.25) is 0 Å². The van der Waals surface area contributed by atoms with Crippen molar-refractivity contribution < 1.29 is 26.7 Å². The number of alkyl halides is 3. The van der Waals surface area contributed by atoms with Crippen LogP contribution in [0.25, 0.3) is 0 Å². The van der Waals surface area contributed by atoms with E-state index in [2.05, 4.69) is 10.3 Å². The van der Waals surface area contributed by atoms with Crippen molar-refractivity contribution in [2.24, 2.45) is 0 Å². The summed E-state index contributed by atoms with van der Waals surface area (Å²) in [6.45, 7) is 0.287. The molecular weight excluding hydrogens is 331 g/mol. The molecule has 2 aromatic rings. The van der Waals surface area contributed by atoms with E-state index in [1.807, 2.05) is 0 Å². The molecule has 1 aromatic heterocycles. The quantitative estimate of drug-likeness (QED) is 0.842. The zero-order valence-corrected chi connectivity index (χ0v) is 12.3. The van der Waals surface area contributed by atoms with Gasteiger partial charge in [-0.15, -0.1) is 0 Å². The summed E-state index contributed by atoms with van der Waals surface area (Å²) in [6, 6.07) is 4.90. The average molecular weight is 344 g/mol. The van der Waals surface area contributed by atoms with Gasteiger partial charge in [-0.05, 0) is 36.2 Å². The van der Waals surface area contributed by atoms with Gasteiger partial charge >= 0.3 is 6.18 Å². The molecular formula is C16H13F5N2O. The molecule has 128 valence electrons. The van der Waals surface area contributed by atoms with Gasteiger partial charge in [-0.1, -0.05) is 6.07 Å².